The minimum absolute atomic E-state index is 0.0263. The van der Waals surface area contributed by atoms with Crippen molar-refractivity contribution in [1.29, 1.82) is 0 Å². The van der Waals surface area contributed by atoms with Crippen LogP contribution in [0.4, 0.5) is 4.79 Å². The molecule has 2 atom stereocenters. The molecule has 0 saturated carbocycles. The second-order valence-electron chi connectivity index (χ2n) is 5.04. The Bertz CT molecular complexity index is 334. The maximum atomic E-state index is 12.3. The van der Waals surface area contributed by atoms with E-state index in [4.69, 9.17) is 10.2 Å². The van der Waals surface area contributed by atoms with E-state index in [0.29, 0.717) is 13.0 Å². The number of urea groups is 1. The van der Waals surface area contributed by atoms with Crippen LogP contribution >= 0.6 is 0 Å². The number of β-amino-alcohol motifs (C(OH)–C–C–N with tert-alkyl or cyclic N) is 1. The molecule has 0 aromatic carbocycles. The van der Waals surface area contributed by atoms with Gasteiger partial charge in [-0.2, -0.15) is 0 Å². The van der Waals surface area contributed by atoms with E-state index in [1.807, 2.05) is 13.8 Å². The predicted molar refractivity (Wildman–Crippen MR) is 67.7 cm³/mol. The van der Waals surface area contributed by atoms with Gasteiger partial charge in [-0.3, -0.25) is 0 Å². The Morgan fingerprint density at radius 1 is 1.42 bits per heavy atom. The minimum Gasteiger partial charge on any atom is -0.480 e. The normalized spacial score (nSPS) is 22.9. The number of likely N-dealkylation sites (tertiary alicyclic amines) is 1. The molecule has 7 nitrogen and oxygen atoms in total. The van der Waals surface area contributed by atoms with Gasteiger partial charge in [-0.05, 0) is 20.3 Å². The van der Waals surface area contributed by atoms with Gasteiger partial charge < -0.3 is 25.1 Å². The molecule has 1 rings (SSSR count). The number of amides is 2. The molecule has 0 spiro atoms. The zero-order valence-electron chi connectivity index (χ0n) is 11.3. The van der Waals surface area contributed by atoms with Crippen LogP contribution in [0.1, 0.15) is 26.7 Å². The summed E-state index contributed by atoms with van der Waals surface area (Å²) in [6.45, 7) is 4.04. The van der Waals surface area contributed by atoms with Crippen LogP contribution in [0.5, 0.6) is 0 Å². The molecule has 0 aliphatic carbocycles. The van der Waals surface area contributed by atoms with E-state index in [-0.39, 0.29) is 25.6 Å². The largest absolute Gasteiger partial charge is 0.480 e. The lowest BCUT2D eigenvalue weighted by Gasteiger charge is -2.32. The Hall–Kier alpha value is -1.34. The number of hydrogen-bond acceptors (Lipinski definition) is 4. The van der Waals surface area contributed by atoms with Gasteiger partial charge >= 0.3 is 12.0 Å². The molecular formula is C12H22N2O5. The number of aliphatic carboxylic acids is 1. The fourth-order valence-electron chi connectivity index (χ4n) is 2.24. The number of aliphatic hydroxyl groups excluding tert-OH is 2. The second-order valence-corrected chi connectivity index (χ2v) is 5.04. The van der Waals surface area contributed by atoms with Gasteiger partial charge in [0.05, 0.1) is 6.10 Å². The monoisotopic (exact) mass is 274 g/mol. The van der Waals surface area contributed by atoms with Gasteiger partial charge in [0, 0.05) is 32.2 Å². The summed E-state index contributed by atoms with van der Waals surface area (Å²) in [5.74, 6) is -1.10. The van der Waals surface area contributed by atoms with Crippen LogP contribution in [0.2, 0.25) is 0 Å². The molecule has 0 aromatic rings. The van der Waals surface area contributed by atoms with Crippen molar-refractivity contribution in [2.45, 2.75) is 44.9 Å². The maximum absolute atomic E-state index is 12.3. The van der Waals surface area contributed by atoms with E-state index >= 15 is 0 Å². The van der Waals surface area contributed by atoms with E-state index in [9.17, 15) is 14.7 Å². The second kappa shape index (κ2) is 6.72. The summed E-state index contributed by atoms with van der Waals surface area (Å²) in [6.07, 6.45) is -0.290. The Morgan fingerprint density at radius 3 is 2.53 bits per heavy atom. The topological polar surface area (TPSA) is 101 Å². The first-order valence-electron chi connectivity index (χ1n) is 6.47. The molecule has 1 saturated heterocycles. The summed E-state index contributed by atoms with van der Waals surface area (Å²) in [4.78, 5) is 26.2. The number of rotatable bonds is 5. The highest BCUT2D eigenvalue weighted by atomic mass is 16.4. The van der Waals surface area contributed by atoms with Crippen LogP contribution in [-0.2, 0) is 4.79 Å². The Labute approximate surface area is 112 Å². The Balaban J connectivity index is 2.80. The molecule has 7 heteroatoms. The van der Waals surface area contributed by atoms with Crippen molar-refractivity contribution >= 4 is 12.0 Å². The number of carboxylic acid groups (broad SMARTS) is 1. The zero-order chi connectivity index (χ0) is 14.6. The molecular weight excluding hydrogens is 252 g/mol. The maximum Gasteiger partial charge on any atom is 0.326 e. The molecule has 0 aromatic heterocycles. The summed E-state index contributed by atoms with van der Waals surface area (Å²) >= 11 is 0. The van der Waals surface area contributed by atoms with E-state index in [2.05, 4.69) is 0 Å². The van der Waals surface area contributed by atoms with Crippen molar-refractivity contribution < 1.29 is 24.9 Å². The lowest BCUT2D eigenvalue weighted by Crippen LogP contribution is -2.50. The molecule has 0 bridgehead atoms. The predicted octanol–water partition coefficient (Wildman–Crippen LogP) is -0.281. The van der Waals surface area contributed by atoms with Gasteiger partial charge in [0.1, 0.15) is 6.04 Å². The molecule has 2 amide bonds. The highest BCUT2D eigenvalue weighted by Gasteiger charge is 2.40. The molecule has 1 heterocycles. The summed E-state index contributed by atoms with van der Waals surface area (Å²) in [7, 11) is 0. The van der Waals surface area contributed by atoms with Gasteiger partial charge in [0.15, 0.2) is 0 Å². The smallest absolute Gasteiger partial charge is 0.326 e. The third-order valence-electron chi connectivity index (χ3n) is 3.24. The first-order valence-corrected chi connectivity index (χ1v) is 6.47. The molecule has 3 N–H and O–H groups in total. The van der Waals surface area contributed by atoms with E-state index < -0.39 is 24.1 Å². The first kappa shape index (κ1) is 15.7. The molecule has 19 heavy (non-hydrogen) atoms. The number of carbonyl (C=O) groups is 2. The number of nitrogens with zero attached hydrogens (tertiary/aromatic N) is 2. The van der Waals surface area contributed by atoms with Crippen molar-refractivity contribution in [3.05, 3.63) is 0 Å². The van der Waals surface area contributed by atoms with Crippen LogP contribution in [-0.4, -0.2) is 75.0 Å². The lowest BCUT2D eigenvalue weighted by molar-refractivity contribution is -0.141. The van der Waals surface area contributed by atoms with Crippen molar-refractivity contribution in [3.8, 4) is 0 Å². The summed E-state index contributed by atoms with van der Waals surface area (Å²) in [6, 6.07) is -1.46. The minimum atomic E-state index is -1.10. The molecule has 110 valence electrons. The number of hydrogen-bond donors (Lipinski definition) is 3. The van der Waals surface area contributed by atoms with E-state index in [1.54, 1.807) is 0 Å². The van der Waals surface area contributed by atoms with Gasteiger partial charge in [-0.1, -0.05) is 0 Å². The highest BCUT2D eigenvalue weighted by Crippen LogP contribution is 2.21. The molecule has 1 unspecified atom stereocenters. The van der Waals surface area contributed by atoms with Crippen molar-refractivity contribution in [1.82, 2.24) is 9.80 Å². The molecule has 1 fully saturated rings. The fourth-order valence-corrected chi connectivity index (χ4v) is 2.24. The molecule has 1 aliphatic rings. The lowest BCUT2D eigenvalue weighted by atomic mass is 10.2. The van der Waals surface area contributed by atoms with E-state index in [1.165, 1.54) is 9.80 Å². The van der Waals surface area contributed by atoms with Crippen LogP contribution in [0.3, 0.4) is 0 Å². The standard InChI is InChI=1S/C12H22N2O5/c1-8(2)13(4-3-5-15)12(19)14-7-9(16)6-10(14)11(17)18/h8-10,15-16H,3-7H2,1-2H3,(H,17,18)/t9?,10-/m0/s1. The van der Waals surface area contributed by atoms with Crippen LogP contribution in [0.15, 0.2) is 0 Å². The van der Waals surface area contributed by atoms with Gasteiger partial charge in [0.25, 0.3) is 0 Å². The van der Waals surface area contributed by atoms with Crippen molar-refractivity contribution in [2.24, 2.45) is 0 Å². The highest BCUT2D eigenvalue weighted by molar-refractivity contribution is 5.83. The molecule has 1 aliphatic heterocycles. The van der Waals surface area contributed by atoms with Crippen LogP contribution < -0.4 is 0 Å². The van der Waals surface area contributed by atoms with Gasteiger partial charge in [0.2, 0.25) is 0 Å². The summed E-state index contributed by atoms with van der Waals surface area (Å²) in [5.41, 5.74) is 0. The van der Waals surface area contributed by atoms with Gasteiger partial charge in [-0.25, -0.2) is 9.59 Å². The van der Waals surface area contributed by atoms with Gasteiger partial charge in [-0.15, -0.1) is 0 Å². The van der Waals surface area contributed by atoms with Crippen molar-refractivity contribution in [2.75, 3.05) is 19.7 Å². The fraction of sp³-hybridized carbons (Fsp3) is 0.833. The Morgan fingerprint density at radius 2 is 2.05 bits per heavy atom. The quantitative estimate of drug-likeness (QED) is 0.640. The first-order chi connectivity index (χ1) is 8.88. The van der Waals surface area contributed by atoms with Crippen LogP contribution in [0.25, 0.3) is 0 Å². The molecule has 0 radical (unpaired) electrons. The SMILES string of the molecule is CC(C)N(CCCO)C(=O)N1CC(O)C[C@H]1C(=O)O. The summed E-state index contributed by atoms with van der Waals surface area (Å²) in [5, 5.41) is 27.5. The average molecular weight is 274 g/mol. The number of aliphatic hydroxyl groups is 2. The van der Waals surface area contributed by atoms with E-state index in [0.717, 1.165) is 0 Å². The Kier molecular flexibility index (Phi) is 5.56. The van der Waals surface area contributed by atoms with Crippen LogP contribution in [0, 0.1) is 0 Å². The number of carboxylic acids is 1. The third kappa shape index (κ3) is 3.81. The zero-order valence-corrected chi connectivity index (χ0v) is 11.3. The third-order valence-corrected chi connectivity index (χ3v) is 3.24. The number of carbonyl (C=O) groups excluding carboxylic acids is 1. The van der Waals surface area contributed by atoms with Crippen molar-refractivity contribution in [3.63, 3.8) is 0 Å². The average Bonchev–Trinajstić information content (AvgIpc) is 2.71. The summed E-state index contributed by atoms with van der Waals surface area (Å²) < 4.78 is 0.